The Morgan fingerprint density at radius 1 is 1.36 bits per heavy atom. The SMILES string of the molecule is CCc1nc(CS[C@@H]2CCN(c3ccc(C)cc3)C2=O)no1. The molecule has 0 saturated carbocycles. The predicted octanol–water partition coefficient (Wildman–Crippen LogP) is 2.98. The molecule has 0 N–H and O–H groups in total. The first-order chi connectivity index (χ1) is 10.7. The maximum absolute atomic E-state index is 12.5. The van der Waals surface area contributed by atoms with E-state index in [4.69, 9.17) is 4.52 Å². The highest BCUT2D eigenvalue weighted by Gasteiger charge is 2.33. The van der Waals surface area contributed by atoms with Gasteiger partial charge in [-0.2, -0.15) is 4.98 Å². The van der Waals surface area contributed by atoms with Crippen LogP contribution in [0.15, 0.2) is 28.8 Å². The van der Waals surface area contributed by atoms with Crippen molar-refractivity contribution >= 4 is 23.4 Å². The molecule has 116 valence electrons. The van der Waals surface area contributed by atoms with Crippen molar-refractivity contribution < 1.29 is 9.32 Å². The molecule has 1 saturated heterocycles. The van der Waals surface area contributed by atoms with Crippen LogP contribution >= 0.6 is 11.8 Å². The molecule has 2 heterocycles. The van der Waals surface area contributed by atoms with Crippen molar-refractivity contribution in [3.05, 3.63) is 41.5 Å². The molecular formula is C16H19N3O2S. The van der Waals surface area contributed by atoms with Gasteiger partial charge in [-0.15, -0.1) is 11.8 Å². The van der Waals surface area contributed by atoms with Gasteiger partial charge < -0.3 is 9.42 Å². The van der Waals surface area contributed by atoms with E-state index in [0.29, 0.717) is 17.5 Å². The summed E-state index contributed by atoms with van der Waals surface area (Å²) in [5.41, 5.74) is 2.18. The Labute approximate surface area is 134 Å². The molecule has 2 aromatic rings. The van der Waals surface area contributed by atoms with E-state index >= 15 is 0 Å². The molecule has 0 spiro atoms. The van der Waals surface area contributed by atoms with Crippen molar-refractivity contribution in [3.8, 4) is 0 Å². The zero-order chi connectivity index (χ0) is 15.5. The fraction of sp³-hybridized carbons (Fsp3) is 0.438. The van der Waals surface area contributed by atoms with Crippen LogP contribution in [0.3, 0.4) is 0 Å². The van der Waals surface area contributed by atoms with Gasteiger partial charge in [-0.3, -0.25) is 4.79 Å². The van der Waals surface area contributed by atoms with Crippen LogP contribution < -0.4 is 4.90 Å². The van der Waals surface area contributed by atoms with Gasteiger partial charge in [-0.25, -0.2) is 0 Å². The first kappa shape index (κ1) is 15.1. The lowest BCUT2D eigenvalue weighted by Crippen LogP contribution is -2.28. The topological polar surface area (TPSA) is 59.2 Å². The zero-order valence-corrected chi connectivity index (χ0v) is 13.6. The van der Waals surface area contributed by atoms with Crippen molar-refractivity contribution in [1.29, 1.82) is 0 Å². The van der Waals surface area contributed by atoms with Gasteiger partial charge in [0.25, 0.3) is 0 Å². The number of rotatable bonds is 5. The van der Waals surface area contributed by atoms with E-state index in [1.165, 1.54) is 5.56 Å². The second kappa shape index (κ2) is 6.52. The summed E-state index contributed by atoms with van der Waals surface area (Å²) in [6, 6.07) is 8.09. The summed E-state index contributed by atoms with van der Waals surface area (Å²) in [7, 11) is 0. The average molecular weight is 317 g/mol. The summed E-state index contributed by atoms with van der Waals surface area (Å²) in [5, 5.41) is 3.90. The number of hydrogen-bond acceptors (Lipinski definition) is 5. The molecule has 1 aliphatic heterocycles. The van der Waals surface area contributed by atoms with Crippen LogP contribution in [0.5, 0.6) is 0 Å². The quantitative estimate of drug-likeness (QED) is 0.848. The van der Waals surface area contributed by atoms with E-state index in [1.807, 2.05) is 43.0 Å². The average Bonchev–Trinajstić information content (AvgIpc) is 3.13. The molecule has 0 bridgehead atoms. The summed E-state index contributed by atoms with van der Waals surface area (Å²) in [4.78, 5) is 18.7. The highest BCUT2D eigenvalue weighted by molar-refractivity contribution is 7.99. The van der Waals surface area contributed by atoms with Crippen LogP contribution in [0.2, 0.25) is 0 Å². The lowest BCUT2D eigenvalue weighted by atomic mass is 10.2. The van der Waals surface area contributed by atoms with Gasteiger partial charge in [-0.1, -0.05) is 29.8 Å². The number of hydrogen-bond donors (Lipinski definition) is 0. The summed E-state index contributed by atoms with van der Waals surface area (Å²) in [6.45, 7) is 4.79. The lowest BCUT2D eigenvalue weighted by Gasteiger charge is -2.16. The molecule has 1 fully saturated rings. The first-order valence-corrected chi connectivity index (χ1v) is 8.53. The van der Waals surface area contributed by atoms with E-state index in [-0.39, 0.29) is 11.2 Å². The molecule has 0 unspecified atom stereocenters. The highest BCUT2D eigenvalue weighted by atomic mass is 32.2. The molecule has 1 amide bonds. The van der Waals surface area contributed by atoms with E-state index in [1.54, 1.807) is 11.8 Å². The monoisotopic (exact) mass is 317 g/mol. The number of thioether (sulfide) groups is 1. The standard InChI is InChI=1S/C16H19N3O2S/c1-3-15-17-14(18-21-15)10-22-13-8-9-19(16(13)20)12-6-4-11(2)5-7-12/h4-7,13H,3,8-10H2,1-2H3/t13-/m1/s1. The van der Waals surface area contributed by atoms with E-state index in [9.17, 15) is 4.79 Å². The van der Waals surface area contributed by atoms with Crippen LogP contribution in [0.25, 0.3) is 0 Å². The first-order valence-electron chi connectivity index (χ1n) is 7.48. The summed E-state index contributed by atoms with van der Waals surface area (Å²) in [6.07, 6.45) is 1.59. The van der Waals surface area contributed by atoms with Crippen LogP contribution in [-0.2, 0) is 17.0 Å². The van der Waals surface area contributed by atoms with Gasteiger partial charge in [0.2, 0.25) is 11.8 Å². The largest absolute Gasteiger partial charge is 0.339 e. The Bertz CT molecular complexity index is 654. The smallest absolute Gasteiger partial charge is 0.240 e. The van der Waals surface area contributed by atoms with E-state index < -0.39 is 0 Å². The number of anilines is 1. The number of carbonyl (C=O) groups excluding carboxylic acids is 1. The Morgan fingerprint density at radius 2 is 2.14 bits per heavy atom. The summed E-state index contributed by atoms with van der Waals surface area (Å²) in [5.74, 6) is 2.10. The lowest BCUT2D eigenvalue weighted by molar-refractivity contribution is -0.116. The maximum atomic E-state index is 12.5. The summed E-state index contributed by atoms with van der Waals surface area (Å²) >= 11 is 1.59. The fourth-order valence-corrected chi connectivity index (χ4v) is 3.47. The minimum atomic E-state index is -0.0233. The molecule has 1 aromatic carbocycles. The van der Waals surface area contributed by atoms with E-state index in [0.717, 1.165) is 25.1 Å². The molecule has 0 radical (unpaired) electrons. The molecule has 6 heteroatoms. The van der Waals surface area contributed by atoms with Crippen molar-refractivity contribution in [3.63, 3.8) is 0 Å². The van der Waals surface area contributed by atoms with Crippen LogP contribution in [-0.4, -0.2) is 27.8 Å². The number of aryl methyl sites for hydroxylation is 2. The third-order valence-electron chi connectivity index (χ3n) is 3.73. The maximum Gasteiger partial charge on any atom is 0.240 e. The number of nitrogens with zero attached hydrogens (tertiary/aromatic N) is 3. The van der Waals surface area contributed by atoms with Gasteiger partial charge in [-0.05, 0) is 25.5 Å². The van der Waals surface area contributed by atoms with Gasteiger partial charge >= 0.3 is 0 Å². The van der Waals surface area contributed by atoms with E-state index in [2.05, 4.69) is 10.1 Å². The molecular weight excluding hydrogens is 298 g/mol. The molecule has 5 nitrogen and oxygen atoms in total. The third kappa shape index (κ3) is 3.16. The zero-order valence-electron chi connectivity index (χ0n) is 12.8. The second-order valence-corrected chi connectivity index (χ2v) is 6.56. The number of benzene rings is 1. The third-order valence-corrected chi connectivity index (χ3v) is 4.99. The minimum absolute atomic E-state index is 0.0233. The molecule has 1 aliphatic rings. The van der Waals surface area contributed by atoms with Gasteiger partial charge in [0.1, 0.15) is 0 Å². The predicted molar refractivity (Wildman–Crippen MR) is 86.9 cm³/mol. The minimum Gasteiger partial charge on any atom is -0.339 e. The second-order valence-electron chi connectivity index (χ2n) is 5.37. The van der Waals surface area contributed by atoms with Crippen molar-refractivity contribution in [1.82, 2.24) is 10.1 Å². The number of amides is 1. The van der Waals surface area contributed by atoms with Crippen molar-refractivity contribution in [2.75, 3.05) is 11.4 Å². The fourth-order valence-electron chi connectivity index (χ4n) is 2.46. The molecule has 22 heavy (non-hydrogen) atoms. The number of aromatic nitrogens is 2. The van der Waals surface area contributed by atoms with Crippen molar-refractivity contribution in [2.45, 2.75) is 37.7 Å². The molecule has 0 aliphatic carbocycles. The van der Waals surface area contributed by atoms with Gasteiger partial charge in [0.15, 0.2) is 5.82 Å². The molecule has 1 atom stereocenters. The van der Waals surface area contributed by atoms with Crippen molar-refractivity contribution in [2.24, 2.45) is 0 Å². The summed E-state index contributed by atoms with van der Waals surface area (Å²) < 4.78 is 5.09. The molecule has 3 rings (SSSR count). The Kier molecular flexibility index (Phi) is 4.47. The van der Waals surface area contributed by atoms with Crippen LogP contribution in [0, 0.1) is 6.92 Å². The van der Waals surface area contributed by atoms with Crippen LogP contribution in [0.1, 0.15) is 30.6 Å². The van der Waals surface area contributed by atoms with Gasteiger partial charge in [0.05, 0.1) is 11.0 Å². The Morgan fingerprint density at radius 3 is 2.82 bits per heavy atom. The number of carbonyl (C=O) groups is 1. The van der Waals surface area contributed by atoms with Gasteiger partial charge in [0, 0.05) is 18.7 Å². The normalized spacial score (nSPS) is 18.2. The molecule has 1 aromatic heterocycles. The highest BCUT2D eigenvalue weighted by Crippen LogP contribution is 2.30. The van der Waals surface area contributed by atoms with Crippen LogP contribution in [0.4, 0.5) is 5.69 Å². The Hall–Kier alpha value is -1.82. The Balaban J connectivity index is 1.60.